The lowest BCUT2D eigenvalue weighted by atomic mass is 10.3. The average molecular weight is 267 g/mol. The standard InChI is InChI=1S/C11H13N3O3S/c15-10-2-1-3-11(8-10)18(16,17)13-5-7-14-6-4-12-9-14/h1-4,6,8-9,13,15H,5,7H2. The van der Waals surface area contributed by atoms with Crippen molar-refractivity contribution in [3.05, 3.63) is 43.0 Å². The van der Waals surface area contributed by atoms with Crippen LogP contribution in [0, 0.1) is 0 Å². The molecule has 1 aromatic heterocycles. The van der Waals surface area contributed by atoms with Crippen LogP contribution in [0.3, 0.4) is 0 Å². The smallest absolute Gasteiger partial charge is 0.240 e. The maximum absolute atomic E-state index is 11.9. The molecule has 7 heteroatoms. The largest absolute Gasteiger partial charge is 0.508 e. The molecule has 0 aliphatic rings. The minimum Gasteiger partial charge on any atom is -0.508 e. The molecule has 0 aliphatic carbocycles. The second-order valence-corrected chi connectivity index (χ2v) is 5.46. The number of sulfonamides is 1. The summed E-state index contributed by atoms with van der Waals surface area (Å²) in [5.41, 5.74) is 0. The van der Waals surface area contributed by atoms with Crippen molar-refractivity contribution in [2.75, 3.05) is 6.54 Å². The van der Waals surface area contributed by atoms with E-state index in [4.69, 9.17) is 0 Å². The maximum Gasteiger partial charge on any atom is 0.240 e. The van der Waals surface area contributed by atoms with Gasteiger partial charge >= 0.3 is 0 Å². The number of nitrogens with one attached hydrogen (secondary N) is 1. The molecule has 0 bridgehead atoms. The number of hydrogen-bond acceptors (Lipinski definition) is 4. The first kappa shape index (κ1) is 12.6. The van der Waals surface area contributed by atoms with Gasteiger partial charge in [-0.2, -0.15) is 0 Å². The summed E-state index contributed by atoms with van der Waals surface area (Å²) in [4.78, 5) is 3.91. The van der Waals surface area contributed by atoms with E-state index < -0.39 is 10.0 Å². The minimum atomic E-state index is -3.58. The van der Waals surface area contributed by atoms with Crippen LogP contribution < -0.4 is 4.72 Å². The van der Waals surface area contributed by atoms with Crippen molar-refractivity contribution in [3.8, 4) is 5.75 Å². The van der Waals surface area contributed by atoms with Crippen molar-refractivity contribution in [1.29, 1.82) is 0 Å². The molecule has 18 heavy (non-hydrogen) atoms. The zero-order chi connectivity index (χ0) is 13.0. The summed E-state index contributed by atoms with van der Waals surface area (Å²) in [7, 11) is -3.58. The van der Waals surface area contributed by atoms with Crippen LogP contribution in [0.15, 0.2) is 47.9 Å². The Bertz CT molecular complexity index is 608. The van der Waals surface area contributed by atoms with Crippen molar-refractivity contribution in [1.82, 2.24) is 14.3 Å². The number of aromatic nitrogens is 2. The molecule has 0 unspecified atom stereocenters. The second-order valence-electron chi connectivity index (χ2n) is 3.70. The molecular weight excluding hydrogens is 254 g/mol. The van der Waals surface area contributed by atoms with Gasteiger partial charge < -0.3 is 9.67 Å². The molecule has 0 atom stereocenters. The fraction of sp³-hybridized carbons (Fsp3) is 0.182. The molecule has 0 spiro atoms. The molecule has 6 nitrogen and oxygen atoms in total. The van der Waals surface area contributed by atoms with Crippen molar-refractivity contribution >= 4 is 10.0 Å². The van der Waals surface area contributed by atoms with Crippen LogP contribution in [0.25, 0.3) is 0 Å². The molecule has 1 aromatic carbocycles. The molecule has 1 heterocycles. The van der Waals surface area contributed by atoms with E-state index in [2.05, 4.69) is 9.71 Å². The number of rotatable bonds is 5. The van der Waals surface area contributed by atoms with Gasteiger partial charge in [0.15, 0.2) is 0 Å². The van der Waals surface area contributed by atoms with Crippen molar-refractivity contribution in [2.45, 2.75) is 11.4 Å². The first-order valence-electron chi connectivity index (χ1n) is 5.32. The van der Waals surface area contributed by atoms with Crippen molar-refractivity contribution in [3.63, 3.8) is 0 Å². The molecule has 2 N–H and O–H groups in total. The lowest BCUT2D eigenvalue weighted by Crippen LogP contribution is -2.27. The van der Waals surface area contributed by atoms with E-state index in [1.807, 2.05) is 0 Å². The Morgan fingerprint density at radius 3 is 2.89 bits per heavy atom. The van der Waals surface area contributed by atoms with Gasteiger partial charge in [-0.05, 0) is 18.2 Å². The highest BCUT2D eigenvalue weighted by molar-refractivity contribution is 7.89. The molecule has 0 radical (unpaired) electrons. The number of nitrogens with zero attached hydrogens (tertiary/aromatic N) is 2. The Kier molecular flexibility index (Phi) is 3.63. The summed E-state index contributed by atoms with van der Waals surface area (Å²) in [6.07, 6.45) is 5.00. The van der Waals surface area contributed by atoms with Crippen LogP contribution in [0.1, 0.15) is 0 Å². The highest BCUT2D eigenvalue weighted by Crippen LogP contribution is 2.15. The van der Waals surface area contributed by atoms with Gasteiger partial charge in [-0.1, -0.05) is 6.07 Å². The first-order valence-corrected chi connectivity index (χ1v) is 6.81. The maximum atomic E-state index is 11.9. The van der Waals surface area contributed by atoms with Gasteiger partial charge in [0.1, 0.15) is 5.75 Å². The Morgan fingerprint density at radius 1 is 1.39 bits per heavy atom. The van der Waals surface area contributed by atoms with Crippen LogP contribution in [0.5, 0.6) is 5.75 Å². The van der Waals surface area contributed by atoms with Crippen molar-refractivity contribution < 1.29 is 13.5 Å². The van der Waals surface area contributed by atoms with E-state index in [0.29, 0.717) is 6.54 Å². The zero-order valence-electron chi connectivity index (χ0n) is 9.52. The van der Waals surface area contributed by atoms with Crippen LogP contribution in [0.2, 0.25) is 0 Å². The lowest BCUT2D eigenvalue weighted by Gasteiger charge is -2.07. The Hall–Kier alpha value is -1.86. The van der Waals surface area contributed by atoms with E-state index in [9.17, 15) is 13.5 Å². The molecule has 2 aromatic rings. The normalized spacial score (nSPS) is 11.6. The van der Waals surface area contributed by atoms with Crippen LogP contribution in [-0.4, -0.2) is 29.6 Å². The van der Waals surface area contributed by atoms with Gasteiger partial charge in [0.2, 0.25) is 10.0 Å². The van der Waals surface area contributed by atoms with E-state index in [-0.39, 0.29) is 17.2 Å². The summed E-state index contributed by atoms with van der Waals surface area (Å²) >= 11 is 0. The number of phenolic OH excluding ortho intramolecular Hbond substituents is 1. The third kappa shape index (κ3) is 3.08. The Balaban J connectivity index is 1.99. The third-order valence-corrected chi connectivity index (χ3v) is 3.81. The quantitative estimate of drug-likeness (QED) is 0.829. The van der Waals surface area contributed by atoms with Gasteiger partial charge in [-0.3, -0.25) is 0 Å². The van der Waals surface area contributed by atoms with Gasteiger partial charge in [-0.15, -0.1) is 0 Å². The lowest BCUT2D eigenvalue weighted by molar-refractivity contribution is 0.473. The van der Waals surface area contributed by atoms with Gasteiger partial charge in [0.25, 0.3) is 0 Å². The second kappa shape index (κ2) is 5.19. The molecule has 0 aliphatic heterocycles. The van der Waals surface area contributed by atoms with E-state index >= 15 is 0 Å². The molecule has 96 valence electrons. The molecule has 0 amide bonds. The third-order valence-electron chi connectivity index (χ3n) is 2.35. The molecule has 0 saturated carbocycles. The van der Waals surface area contributed by atoms with Crippen LogP contribution >= 0.6 is 0 Å². The van der Waals surface area contributed by atoms with E-state index in [0.717, 1.165) is 0 Å². The number of imidazole rings is 1. The highest BCUT2D eigenvalue weighted by atomic mass is 32.2. The molecular formula is C11H13N3O3S. The van der Waals surface area contributed by atoms with E-state index in [1.54, 1.807) is 23.3 Å². The summed E-state index contributed by atoms with van der Waals surface area (Å²) in [5.74, 6) is -0.0764. The van der Waals surface area contributed by atoms with Gasteiger partial charge in [0, 0.05) is 25.5 Å². The number of aromatic hydroxyl groups is 1. The summed E-state index contributed by atoms with van der Waals surface area (Å²) in [6, 6.07) is 5.54. The number of hydrogen-bond donors (Lipinski definition) is 2. The predicted molar refractivity (Wildman–Crippen MR) is 65.5 cm³/mol. The summed E-state index contributed by atoms with van der Waals surface area (Å²) in [6.45, 7) is 0.756. The van der Waals surface area contributed by atoms with Crippen LogP contribution in [0.4, 0.5) is 0 Å². The van der Waals surface area contributed by atoms with Gasteiger partial charge in [0.05, 0.1) is 11.2 Å². The average Bonchev–Trinajstić information content (AvgIpc) is 2.82. The van der Waals surface area contributed by atoms with Crippen LogP contribution in [-0.2, 0) is 16.6 Å². The Morgan fingerprint density at radius 2 is 2.22 bits per heavy atom. The SMILES string of the molecule is O=S(=O)(NCCn1ccnc1)c1cccc(O)c1. The molecule has 0 fully saturated rings. The minimum absolute atomic E-state index is 0.0492. The monoisotopic (exact) mass is 267 g/mol. The number of benzene rings is 1. The molecule has 0 saturated heterocycles. The highest BCUT2D eigenvalue weighted by Gasteiger charge is 2.13. The number of phenols is 1. The molecule has 2 rings (SSSR count). The fourth-order valence-electron chi connectivity index (χ4n) is 1.46. The van der Waals surface area contributed by atoms with Gasteiger partial charge in [-0.25, -0.2) is 18.1 Å². The zero-order valence-corrected chi connectivity index (χ0v) is 10.3. The summed E-state index contributed by atoms with van der Waals surface area (Å²) < 4.78 is 28.0. The van der Waals surface area contributed by atoms with Crippen molar-refractivity contribution in [2.24, 2.45) is 0 Å². The van der Waals surface area contributed by atoms with E-state index in [1.165, 1.54) is 24.3 Å². The fourth-order valence-corrected chi connectivity index (χ4v) is 2.52. The predicted octanol–water partition coefficient (Wildman–Crippen LogP) is 0.567. The Labute approximate surface area is 105 Å². The summed E-state index contributed by atoms with van der Waals surface area (Å²) in [5, 5.41) is 9.25. The first-order chi connectivity index (χ1) is 8.58. The topological polar surface area (TPSA) is 84.2 Å².